The quantitative estimate of drug-likeness (QED) is 0.428. The zero-order valence-corrected chi connectivity index (χ0v) is 23.7. The molecule has 1 aromatic rings. The number of piperidine rings is 1. The number of benzene rings is 1. The zero-order chi connectivity index (χ0) is 28.9. The summed E-state index contributed by atoms with van der Waals surface area (Å²) in [5.74, 6) is 0. The molecule has 1 aromatic carbocycles. The van der Waals surface area contributed by atoms with Gasteiger partial charge in [-0.05, 0) is 37.0 Å². The van der Waals surface area contributed by atoms with Gasteiger partial charge in [0.15, 0.2) is 5.60 Å². The second-order valence-corrected chi connectivity index (χ2v) is 13.6. The van der Waals surface area contributed by atoms with Gasteiger partial charge in [0.2, 0.25) is 10.0 Å². The van der Waals surface area contributed by atoms with Gasteiger partial charge in [-0.1, -0.05) is 48.6 Å². The van der Waals surface area contributed by atoms with Gasteiger partial charge in [0, 0.05) is 49.5 Å². The number of hydrogen-bond acceptors (Lipinski definition) is 8. The van der Waals surface area contributed by atoms with Gasteiger partial charge in [0.25, 0.3) is 0 Å². The van der Waals surface area contributed by atoms with Crippen molar-refractivity contribution in [3.05, 3.63) is 58.5 Å². The number of aliphatic hydroxyl groups is 2. The number of halogens is 3. The van der Waals surface area contributed by atoms with Crippen LogP contribution in [0.2, 0.25) is 0 Å². The lowest BCUT2D eigenvalue weighted by Gasteiger charge is -2.53. The number of fused-ring (bicyclic) bond motifs is 2. The highest BCUT2D eigenvalue weighted by atomic mass is 32.2. The zero-order valence-electron chi connectivity index (χ0n) is 22.1. The van der Waals surface area contributed by atoms with Crippen LogP contribution in [0.4, 0.5) is 13.2 Å². The predicted octanol–water partition coefficient (Wildman–Crippen LogP) is 2.32. The molecule has 4 atom stereocenters. The smallest absolute Gasteiger partial charge is 0.393 e. The van der Waals surface area contributed by atoms with Crippen molar-refractivity contribution in [3.63, 3.8) is 0 Å². The van der Waals surface area contributed by atoms with Gasteiger partial charge in [-0.25, -0.2) is 8.42 Å². The molecule has 3 aliphatic heterocycles. The molecular weight excluding hydrogens is 567 g/mol. The Morgan fingerprint density at radius 2 is 1.82 bits per heavy atom. The Labute approximate surface area is 237 Å². The number of morpholine rings is 1. The summed E-state index contributed by atoms with van der Waals surface area (Å²) in [6.45, 7) is 2.43. The molecule has 5 rings (SSSR count). The molecule has 0 aromatic heterocycles. The molecule has 40 heavy (non-hydrogen) atoms. The van der Waals surface area contributed by atoms with E-state index < -0.39 is 33.4 Å². The molecule has 4 aliphatic rings. The first kappa shape index (κ1) is 29.8. The van der Waals surface area contributed by atoms with Crippen LogP contribution in [-0.2, 0) is 25.9 Å². The molecule has 13 heteroatoms. The van der Waals surface area contributed by atoms with Crippen molar-refractivity contribution in [2.75, 3.05) is 39.4 Å². The van der Waals surface area contributed by atoms with E-state index in [1.807, 2.05) is 0 Å². The van der Waals surface area contributed by atoms with E-state index >= 15 is 0 Å². The fourth-order valence-corrected chi connectivity index (χ4v) is 8.25. The normalized spacial score (nSPS) is 32.0. The monoisotopic (exact) mass is 601 g/mol. The second-order valence-electron chi connectivity index (χ2n) is 11.2. The third-order valence-electron chi connectivity index (χ3n) is 8.50. The number of nitrogens with one attached hydrogen (secondary N) is 1. The summed E-state index contributed by atoms with van der Waals surface area (Å²) >= 11 is 5.37. The van der Waals surface area contributed by atoms with Crippen LogP contribution in [-0.4, -0.2) is 96.5 Å². The molecule has 3 N–H and O–H groups in total. The maximum absolute atomic E-state index is 13.8. The molecule has 2 bridgehead atoms. The number of allylic oxidation sites excluding steroid dienone is 4. The lowest BCUT2D eigenvalue weighted by molar-refractivity contribution is -0.258. The molecule has 220 valence electrons. The second kappa shape index (κ2) is 10.8. The van der Waals surface area contributed by atoms with Gasteiger partial charge in [-0.3, -0.25) is 4.90 Å². The molecule has 3 unspecified atom stereocenters. The number of aliphatic hydroxyl groups excluding tert-OH is 1. The van der Waals surface area contributed by atoms with Crippen LogP contribution < -0.4 is 5.32 Å². The number of ether oxygens (including phenoxy) is 1. The average Bonchev–Trinajstić information content (AvgIpc) is 2.89. The topological polar surface area (TPSA) is 102 Å². The number of rotatable bonds is 6. The van der Waals surface area contributed by atoms with E-state index in [2.05, 4.69) is 10.2 Å². The van der Waals surface area contributed by atoms with Gasteiger partial charge in [0.1, 0.15) is 0 Å². The summed E-state index contributed by atoms with van der Waals surface area (Å²) in [6.07, 6.45) is 1.02. The minimum Gasteiger partial charge on any atom is -0.393 e. The van der Waals surface area contributed by atoms with E-state index in [0.717, 1.165) is 0 Å². The molecule has 3 fully saturated rings. The van der Waals surface area contributed by atoms with Gasteiger partial charge in [0.05, 0.1) is 29.8 Å². The number of nitrogens with zero attached hydrogens (tertiary/aromatic N) is 2. The van der Waals surface area contributed by atoms with E-state index in [4.69, 9.17) is 17.0 Å². The van der Waals surface area contributed by atoms with Crippen LogP contribution in [0, 0.1) is 0 Å². The fraction of sp³-hybridized carbons (Fsp3) is 0.593. The Morgan fingerprint density at radius 1 is 1.18 bits per heavy atom. The SMILES string of the molecule is CC(O)(c1ccc([C@]2(CN3C4COCC3CC(O)C4)CN(S(=O)(=O)C3=CC=CCC3=S)CCN2)cc1)C(F)(F)F. The number of piperazine rings is 1. The van der Waals surface area contributed by atoms with E-state index in [1.165, 1.54) is 34.6 Å². The highest BCUT2D eigenvalue weighted by Crippen LogP contribution is 2.40. The molecule has 0 saturated carbocycles. The maximum atomic E-state index is 13.8. The first-order valence-electron chi connectivity index (χ1n) is 13.3. The Bertz CT molecular complexity index is 1290. The summed E-state index contributed by atoms with van der Waals surface area (Å²) in [4.78, 5) is 2.65. The van der Waals surface area contributed by atoms with Crippen LogP contribution in [0.5, 0.6) is 0 Å². The van der Waals surface area contributed by atoms with Crippen LogP contribution in [0.1, 0.15) is 37.3 Å². The molecule has 0 amide bonds. The standard InChI is InChI=1S/C27H34F3N3O5S2/c1-25(35,27(28,29)30)18-6-8-19(9-7-18)26(17-33-20-12-22(34)13-21(33)15-38-14-20)16-32(11-10-31-26)40(36,37)24-5-3-2-4-23(24)39/h2-3,5-9,20-22,31,34-35H,4,10-17H2,1H3/t20?,21?,22?,25?,26-/m1/s1. The Hall–Kier alpha value is -1.71. The van der Waals surface area contributed by atoms with Crippen LogP contribution in [0.15, 0.2) is 47.4 Å². The van der Waals surface area contributed by atoms with Crippen molar-refractivity contribution >= 4 is 27.1 Å². The molecule has 1 aliphatic carbocycles. The average molecular weight is 602 g/mol. The third-order valence-corrected chi connectivity index (χ3v) is 10.9. The van der Waals surface area contributed by atoms with Crippen molar-refractivity contribution in [3.8, 4) is 0 Å². The first-order chi connectivity index (χ1) is 18.7. The van der Waals surface area contributed by atoms with Crippen LogP contribution >= 0.6 is 12.2 Å². The van der Waals surface area contributed by atoms with Crippen molar-refractivity contribution in [1.82, 2.24) is 14.5 Å². The molecule has 8 nitrogen and oxygen atoms in total. The van der Waals surface area contributed by atoms with Crippen molar-refractivity contribution in [2.24, 2.45) is 0 Å². The summed E-state index contributed by atoms with van der Waals surface area (Å²) in [5.41, 5.74) is -3.74. The minimum atomic E-state index is -4.87. The van der Waals surface area contributed by atoms with E-state index in [0.29, 0.717) is 62.9 Å². The van der Waals surface area contributed by atoms with Crippen molar-refractivity contribution in [2.45, 2.75) is 61.7 Å². The lowest BCUT2D eigenvalue weighted by atomic mass is 9.82. The lowest BCUT2D eigenvalue weighted by Crippen LogP contribution is -2.68. The van der Waals surface area contributed by atoms with Gasteiger partial charge >= 0.3 is 6.18 Å². The summed E-state index contributed by atoms with van der Waals surface area (Å²) in [6, 6.07) is 5.36. The summed E-state index contributed by atoms with van der Waals surface area (Å²) < 4.78 is 75.3. The number of sulfonamides is 1. The predicted molar refractivity (Wildman–Crippen MR) is 147 cm³/mol. The van der Waals surface area contributed by atoms with Crippen LogP contribution in [0.3, 0.4) is 0 Å². The minimum absolute atomic E-state index is 0.0212. The number of thiocarbonyl (C=S) groups is 1. The number of alkyl halides is 3. The molecular formula is C27H34F3N3O5S2. The van der Waals surface area contributed by atoms with Crippen LogP contribution in [0.25, 0.3) is 0 Å². The molecule has 3 saturated heterocycles. The van der Waals surface area contributed by atoms with E-state index in [-0.39, 0.29) is 35.6 Å². The van der Waals surface area contributed by atoms with Crippen molar-refractivity contribution < 1.29 is 36.5 Å². The Kier molecular flexibility index (Phi) is 8.07. The highest BCUT2D eigenvalue weighted by molar-refractivity contribution is 7.96. The van der Waals surface area contributed by atoms with E-state index in [9.17, 15) is 31.8 Å². The van der Waals surface area contributed by atoms with Gasteiger partial charge in [-0.15, -0.1) is 0 Å². The molecule has 3 heterocycles. The third kappa shape index (κ3) is 5.42. The van der Waals surface area contributed by atoms with Gasteiger partial charge < -0.3 is 20.3 Å². The van der Waals surface area contributed by atoms with Gasteiger partial charge in [-0.2, -0.15) is 17.5 Å². The van der Waals surface area contributed by atoms with Crippen molar-refractivity contribution in [1.29, 1.82) is 0 Å². The Balaban J connectivity index is 1.53. The Morgan fingerprint density at radius 3 is 2.42 bits per heavy atom. The summed E-state index contributed by atoms with van der Waals surface area (Å²) in [5, 5.41) is 24.1. The number of hydrogen-bond donors (Lipinski definition) is 3. The molecule has 0 spiro atoms. The molecule has 0 radical (unpaired) electrons. The highest BCUT2D eigenvalue weighted by Gasteiger charge is 2.52. The first-order valence-corrected chi connectivity index (χ1v) is 15.2. The summed E-state index contributed by atoms with van der Waals surface area (Å²) in [7, 11) is -3.94. The fourth-order valence-electron chi connectivity index (χ4n) is 6.15. The maximum Gasteiger partial charge on any atom is 0.421 e. The largest absolute Gasteiger partial charge is 0.421 e. The van der Waals surface area contributed by atoms with E-state index in [1.54, 1.807) is 12.2 Å².